The molecule has 0 aromatic heterocycles. The molecule has 1 fully saturated rings. The van der Waals surface area contributed by atoms with E-state index >= 15 is 0 Å². The zero-order chi connectivity index (χ0) is 15.1. The van der Waals surface area contributed by atoms with Crippen molar-refractivity contribution in [2.24, 2.45) is 0 Å². The lowest BCUT2D eigenvalue weighted by Gasteiger charge is -2.19. The zero-order valence-corrected chi connectivity index (χ0v) is 12.7. The molecule has 0 heterocycles. The van der Waals surface area contributed by atoms with Gasteiger partial charge in [-0.25, -0.2) is 0 Å². The van der Waals surface area contributed by atoms with Gasteiger partial charge in [-0.1, -0.05) is 19.1 Å². The van der Waals surface area contributed by atoms with Gasteiger partial charge in [-0.15, -0.1) is 0 Å². The van der Waals surface area contributed by atoms with Gasteiger partial charge in [-0.2, -0.15) is 0 Å². The molecule has 0 radical (unpaired) electrons. The summed E-state index contributed by atoms with van der Waals surface area (Å²) in [6, 6.07) is 8.06. The summed E-state index contributed by atoms with van der Waals surface area (Å²) in [6.07, 6.45) is 2.95. The van der Waals surface area contributed by atoms with Crippen molar-refractivity contribution in [3.05, 3.63) is 24.3 Å². The molecule has 0 atom stereocenters. The molecule has 1 saturated carbocycles. The number of amides is 1. The van der Waals surface area contributed by atoms with E-state index in [1.807, 2.05) is 18.2 Å². The van der Waals surface area contributed by atoms with Crippen molar-refractivity contribution < 1.29 is 9.53 Å². The van der Waals surface area contributed by atoms with E-state index in [2.05, 4.69) is 17.1 Å². The summed E-state index contributed by atoms with van der Waals surface area (Å²) >= 11 is 0. The maximum atomic E-state index is 11.7. The second-order valence-corrected chi connectivity index (χ2v) is 5.35. The van der Waals surface area contributed by atoms with Gasteiger partial charge in [0.2, 0.25) is 5.91 Å². The van der Waals surface area contributed by atoms with Crippen LogP contribution in [0.5, 0.6) is 5.75 Å². The molecular formula is C16H25N3O2. The number of nitrogens with two attached hydrogens (primary N) is 1. The van der Waals surface area contributed by atoms with Crippen molar-refractivity contribution in [3.63, 3.8) is 0 Å². The number of para-hydroxylation sites is 2. The number of nitrogens with zero attached hydrogens (tertiary/aromatic N) is 1. The number of rotatable bonds is 9. The molecule has 0 aliphatic heterocycles. The highest BCUT2D eigenvalue weighted by atomic mass is 16.5. The predicted octanol–water partition coefficient (Wildman–Crippen LogP) is 1.64. The molecule has 2 rings (SSSR count). The van der Waals surface area contributed by atoms with Crippen molar-refractivity contribution >= 4 is 11.6 Å². The third-order valence-electron chi connectivity index (χ3n) is 3.70. The standard InChI is InChI=1S/C16H25N3O2/c1-2-19(13-7-8-13)11-10-18-16(20)9-12-21-15-6-4-3-5-14(15)17/h3-6,13H,2,7-12,17H2,1H3,(H,18,20). The minimum atomic E-state index is 0.0244. The SMILES string of the molecule is CCN(CCNC(=O)CCOc1ccccc1N)C1CC1. The largest absolute Gasteiger partial charge is 0.491 e. The molecule has 3 N–H and O–H groups in total. The first-order valence-electron chi connectivity index (χ1n) is 7.68. The monoisotopic (exact) mass is 291 g/mol. The van der Waals surface area contributed by atoms with Gasteiger partial charge in [0.1, 0.15) is 5.75 Å². The van der Waals surface area contributed by atoms with Crippen molar-refractivity contribution in [1.29, 1.82) is 0 Å². The Bertz CT molecular complexity index is 461. The number of hydrogen-bond acceptors (Lipinski definition) is 4. The normalized spacial score (nSPS) is 14.2. The van der Waals surface area contributed by atoms with Crippen LogP contribution in [-0.4, -0.2) is 43.1 Å². The van der Waals surface area contributed by atoms with Crippen molar-refractivity contribution in [1.82, 2.24) is 10.2 Å². The van der Waals surface area contributed by atoms with Gasteiger partial charge >= 0.3 is 0 Å². The van der Waals surface area contributed by atoms with Gasteiger partial charge in [0.25, 0.3) is 0 Å². The Morgan fingerprint density at radius 3 is 2.86 bits per heavy atom. The summed E-state index contributed by atoms with van der Waals surface area (Å²) in [4.78, 5) is 14.2. The van der Waals surface area contributed by atoms with Crippen LogP contribution in [0.2, 0.25) is 0 Å². The van der Waals surface area contributed by atoms with Crippen LogP contribution in [-0.2, 0) is 4.79 Å². The maximum Gasteiger partial charge on any atom is 0.223 e. The quantitative estimate of drug-likeness (QED) is 0.679. The zero-order valence-electron chi connectivity index (χ0n) is 12.7. The van der Waals surface area contributed by atoms with Crippen LogP contribution in [0.3, 0.4) is 0 Å². The Kier molecular flexibility index (Phi) is 5.87. The molecule has 5 heteroatoms. The van der Waals surface area contributed by atoms with E-state index in [9.17, 15) is 4.79 Å². The first kappa shape index (κ1) is 15.6. The lowest BCUT2D eigenvalue weighted by molar-refractivity contribution is -0.121. The van der Waals surface area contributed by atoms with Gasteiger partial charge in [-0.3, -0.25) is 9.69 Å². The van der Waals surface area contributed by atoms with Crippen LogP contribution >= 0.6 is 0 Å². The Morgan fingerprint density at radius 2 is 2.19 bits per heavy atom. The molecule has 5 nitrogen and oxygen atoms in total. The predicted molar refractivity (Wildman–Crippen MR) is 84.2 cm³/mol. The Morgan fingerprint density at radius 1 is 1.43 bits per heavy atom. The summed E-state index contributed by atoms with van der Waals surface area (Å²) in [5.41, 5.74) is 6.37. The molecule has 1 aromatic carbocycles. The molecule has 1 aromatic rings. The van der Waals surface area contributed by atoms with Crippen LogP contribution in [0.4, 0.5) is 5.69 Å². The lowest BCUT2D eigenvalue weighted by Crippen LogP contribution is -2.36. The van der Waals surface area contributed by atoms with Gasteiger partial charge in [0.15, 0.2) is 0 Å². The van der Waals surface area contributed by atoms with Crippen LogP contribution < -0.4 is 15.8 Å². The van der Waals surface area contributed by atoms with Crippen molar-refractivity contribution in [2.75, 3.05) is 32.0 Å². The second kappa shape index (κ2) is 7.88. The number of ether oxygens (including phenoxy) is 1. The van der Waals surface area contributed by atoms with E-state index in [-0.39, 0.29) is 5.91 Å². The molecule has 1 aliphatic rings. The number of likely N-dealkylation sites (N-methyl/N-ethyl adjacent to an activating group) is 1. The number of benzene rings is 1. The number of carbonyl (C=O) groups excluding carboxylic acids is 1. The molecule has 21 heavy (non-hydrogen) atoms. The van der Waals surface area contributed by atoms with E-state index in [1.165, 1.54) is 12.8 Å². The van der Waals surface area contributed by atoms with Crippen LogP contribution in [0, 0.1) is 0 Å². The molecule has 0 saturated heterocycles. The molecule has 0 unspecified atom stereocenters. The van der Waals surface area contributed by atoms with E-state index in [0.29, 0.717) is 31.0 Å². The summed E-state index contributed by atoms with van der Waals surface area (Å²) < 4.78 is 5.51. The number of hydrogen-bond donors (Lipinski definition) is 2. The fraction of sp³-hybridized carbons (Fsp3) is 0.562. The molecule has 0 spiro atoms. The van der Waals surface area contributed by atoms with Crippen LogP contribution in [0.25, 0.3) is 0 Å². The molecule has 0 bridgehead atoms. The molecule has 116 valence electrons. The van der Waals surface area contributed by atoms with Crippen LogP contribution in [0.1, 0.15) is 26.2 Å². The highest BCUT2D eigenvalue weighted by Crippen LogP contribution is 2.25. The number of nitrogen functional groups attached to an aromatic ring is 1. The van der Waals surface area contributed by atoms with E-state index in [0.717, 1.165) is 19.1 Å². The van der Waals surface area contributed by atoms with Gasteiger partial charge in [0.05, 0.1) is 18.7 Å². The number of anilines is 1. The highest BCUT2D eigenvalue weighted by molar-refractivity contribution is 5.76. The minimum absolute atomic E-state index is 0.0244. The summed E-state index contributed by atoms with van der Waals surface area (Å²) in [7, 11) is 0. The maximum absolute atomic E-state index is 11.7. The van der Waals surface area contributed by atoms with E-state index in [4.69, 9.17) is 10.5 Å². The second-order valence-electron chi connectivity index (χ2n) is 5.35. The first-order chi connectivity index (χ1) is 10.2. The third kappa shape index (κ3) is 5.27. The Labute approximate surface area is 126 Å². The van der Waals surface area contributed by atoms with E-state index < -0.39 is 0 Å². The van der Waals surface area contributed by atoms with Crippen LogP contribution in [0.15, 0.2) is 24.3 Å². The lowest BCUT2D eigenvalue weighted by atomic mass is 10.3. The fourth-order valence-corrected chi connectivity index (χ4v) is 2.33. The van der Waals surface area contributed by atoms with Crippen molar-refractivity contribution in [2.45, 2.75) is 32.2 Å². The Balaban J connectivity index is 1.58. The molecule has 1 aliphatic carbocycles. The number of nitrogens with one attached hydrogen (secondary N) is 1. The molecule has 1 amide bonds. The topological polar surface area (TPSA) is 67.6 Å². The average molecular weight is 291 g/mol. The first-order valence-corrected chi connectivity index (χ1v) is 7.68. The summed E-state index contributed by atoms with van der Waals surface area (Å²) in [6.45, 7) is 5.20. The van der Waals surface area contributed by atoms with Crippen molar-refractivity contribution in [3.8, 4) is 5.75 Å². The molecular weight excluding hydrogens is 266 g/mol. The highest BCUT2D eigenvalue weighted by Gasteiger charge is 2.27. The summed E-state index contributed by atoms with van der Waals surface area (Å²) in [5.74, 6) is 0.660. The minimum Gasteiger partial charge on any atom is -0.491 e. The van der Waals surface area contributed by atoms with E-state index in [1.54, 1.807) is 6.07 Å². The fourth-order valence-electron chi connectivity index (χ4n) is 2.33. The Hall–Kier alpha value is -1.75. The number of carbonyl (C=O) groups is 1. The third-order valence-corrected chi connectivity index (χ3v) is 3.70. The smallest absolute Gasteiger partial charge is 0.223 e. The van der Waals surface area contributed by atoms with Gasteiger partial charge in [-0.05, 0) is 31.5 Å². The van der Waals surface area contributed by atoms with Gasteiger partial charge < -0.3 is 15.8 Å². The average Bonchev–Trinajstić information content (AvgIpc) is 3.30. The van der Waals surface area contributed by atoms with Gasteiger partial charge in [0, 0.05) is 19.1 Å². The summed E-state index contributed by atoms with van der Waals surface area (Å²) in [5, 5.41) is 2.94.